The number of rotatable bonds is 5. The number of nitrogens with zero attached hydrogens (tertiary/aromatic N) is 2. The summed E-state index contributed by atoms with van der Waals surface area (Å²) in [6.45, 7) is 2.11. The van der Waals surface area contributed by atoms with E-state index in [1.165, 1.54) is 6.26 Å². The summed E-state index contributed by atoms with van der Waals surface area (Å²) in [7, 11) is 0. The first-order valence-corrected chi connectivity index (χ1v) is 9.07. The molecule has 0 saturated carbocycles. The summed E-state index contributed by atoms with van der Waals surface area (Å²) >= 11 is 5.94. The van der Waals surface area contributed by atoms with Gasteiger partial charge in [-0.15, -0.1) is 0 Å². The maximum Gasteiger partial charge on any atom is 0.286 e. The van der Waals surface area contributed by atoms with Gasteiger partial charge < -0.3 is 19.5 Å². The molecule has 1 aliphatic rings. The van der Waals surface area contributed by atoms with Gasteiger partial charge >= 0.3 is 0 Å². The minimum atomic E-state index is -0.343. The van der Waals surface area contributed by atoms with E-state index in [2.05, 4.69) is 5.32 Å². The minimum Gasteiger partial charge on any atom is -0.459 e. The van der Waals surface area contributed by atoms with Crippen molar-refractivity contribution in [3.63, 3.8) is 0 Å². The zero-order chi connectivity index (χ0) is 19.2. The number of carbonyl (C=O) groups excluding carboxylic acids is 3. The van der Waals surface area contributed by atoms with Gasteiger partial charge in [-0.2, -0.15) is 0 Å². The third kappa shape index (κ3) is 4.89. The lowest BCUT2D eigenvalue weighted by Crippen LogP contribution is -2.51. The molecule has 1 N–H and O–H groups in total. The average Bonchev–Trinajstić information content (AvgIpc) is 3.22. The van der Waals surface area contributed by atoms with Crippen LogP contribution < -0.4 is 5.32 Å². The van der Waals surface area contributed by atoms with Crippen LogP contribution >= 0.6 is 11.6 Å². The lowest BCUT2D eigenvalue weighted by atomic mass is 10.2. The smallest absolute Gasteiger partial charge is 0.286 e. The molecular weight excluding hydrogens is 370 g/mol. The van der Waals surface area contributed by atoms with E-state index in [0.29, 0.717) is 36.8 Å². The zero-order valence-electron chi connectivity index (χ0n) is 14.7. The number of nitrogens with one attached hydrogen (secondary N) is 1. The Bertz CT molecular complexity index is 814. The summed E-state index contributed by atoms with van der Waals surface area (Å²) in [5, 5.41) is 3.17. The van der Waals surface area contributed by atoms with E-state index < -0.39 is 0 Å². The highest BCUT2D eigenvalue weighted by Gasteiger charge is 2.24. The van der Waals surface area contributed by atoms with Crippen molar-refractivity contribution in [2.75, 3.05) is 32.7 Å². The van der Waals surface area contributed by atoms with E-state index in [1.807, 2.05) is 0 Å². The maximum atomic E-state index is 12.5. The molecule has 0 unspecified atom stereocenters. The molecule has 1 aromatic heterocycles. The van der Waals surface area contributed by atoms with Gasteiger partial charge in [0, 0.05) is 49.7 Å². The predicted molar refractivity (Wildman–Crippen MR) is 99.6 cm³/mol. The van der Waals surface area contributed by atoms with Crippen LogP contribution in [0.25, 0.3) is 0 Å². The van der Waals surface area contributed by atoms with Gasteiger partial charge in [0.2, 0.25) is 5.91 Å². The van der Waals surface area contributed by atoms with Crippen LogP contribution in [0.4, 0.5) is 0 Å². The van der Waals surface area contributed by atoms with E-state index >= 15 is 0 Å². The normalized spacial score (nSPS) is 14.1. The third-order valence-electron chi connectivity index (χ3n) is 4.36. The summed E-state index contributed by atoms with van der Waals surface area (Å²) in [6.07, 6.45) is 1.62. The molecule has 0 radical (unpaired) electrons. The Morgan fingerprint density at radius 2 is 1.78 bits per heavy atom. The Morgan fingerprint density at radius 1 is 1.04 bits per heavy atom. The Morgan fingerprint density at radius 3 is 2.44 bits per heavy atom. The van der Waals surface area contributed by atoms with Gasteiger partial charge in [-0.25, -0.2) is 0 Å². The molecule has 8 heteroatoms. The molecule has 3 amide bonds. The van der Waals surface area contributed by atoms with Gasteiger partial charge in [-0.05, 0) is 30.3 Å². The number of furan rings is 1. The third-order valence-corrected chi connectivity index (χ3v) is 4.60. The van der Waals surface area contributed by atoms with Crippen LogP contribution in [0.3, 0.4) is 0 Å². The maximum absolute atomic E-state index is 12.5. The molecule has 7 nitrogen and oxygen atoms in total. The fourth-order valence-corrected chi connectivity index (χ4v) is 3.09. The summed E-state index contributed by atoms with van der Waals surface area (Å²) in [5.41, 5.74) is 0.544. The molecule has 0 bridgehead atoms. The van der Waals surface area contributed by atoms with Gasteiger partial charge in [0.05, 0.1) is 6.26 Å². The molecule has 3 rings (SSSR count). The van der Waals surface area contributed by atoms with Crippen LogP contribution in [0.1, 0.15) is 27.3 Å². The first-order chi connectivity index (χ1) is 13.0. The Kier molecular flexibility index (Phi) is 6.13. The molecule has 0 atom stereocenters. The summed E-state index contributed by atoms with van der Waals surface area (Å²) in [5.74, 6) is -0.264. The first kappa shape index (κ1) is 19.0. The lowest BCUT2D eigenvalue weighted by molar-refractivity contribution is -0.132. The monoisotopic (exact) mass is 389 g/mol. The van der Waals surface area contributed by atoms with Crippen LogP contribution in [-0.4, -0.2) is 60.2 Å². The van der Waals surface area contributed by atoms with Crippen molar-refractivity contribution in [3.05, 3.63) is 59.0 Å². The van der Waals surface area contributed by atoms with Crippen LogP contribution in [0.2, 0.25) is 5.02 Å². The van der Waals surface area contributed by atoms with Crippen molar-refractivity contribution >= 4 is 29.3 Å². The SMILES string of the molecule is O=C(NCCC(=O)N1CCN(C(=O)c2cccc(Cl)c2)CC1)c1ccco1. The average molecular weight is 390 g/mol. The van der Waals surface area contributed by atoms with E-state index in [9.17, 15) is 14.4 Å². The number of hydrogen-bond donors (Lipinski definition) is 1. The highest BCUT2D eigenvalue weighted by Crippen LogP contribution is 2.14. The van der Waals surface area contributed by atoms with Crippen LogP contribution in [0.5, 0.6) is 0 Å². The Labute approximate surface area is 161 Å². The summed E-state index contributed by atoms with van der Waals surface area (Å²) in [6, 6.07) is 10.0. The molecule has 27 heavy (non-hydrogen) atoms. The number of carbonyl (C=O) groups is 3. The fraction of sp³-hybridized carbons (Fsp3) is 0.316. The molecular formula is C19H20ClN3O4. The van der Waals surface area contributed by atoms with Crippen LogP contribution in [0, 0.1) is 0 Å². The number of benzene rings is 1. The predicted octanol–water partition coefficient (Wildman–Crippen LogP) is 2.04. The minimum absolute atomic E-state index is 0.0513. The number of piperazine rings is 1. The van der Waals surface area contributed by atoms with Gasteiger partial charge in [0.25, 0.3) is 11.8 Å². The Balaban J connectivity index is 1.42. The van der Waals surface area contributed by atoms with Gasteiger partial charge in [0.15, 0.2) is 5.76 Å². The lowest BCUT2D eigenvalue weighted by Gasteiger charge is -2.35. The summed E-state index contributed by atoms with van der Waals surface area (Å²) in [4.78, 5) is 40.0. The number of hydrogen-bond acceptors (Lipinski definition) is 4. The second-order valence-electron chi connectivity index (χ2n) is 6.17. The van der Waals surface area contributed by atoms with Crippen molar-refractivity contribution in [2.24, 2.45) is 0 Å². The second-order valence-corrected chi connectivity index (χ2v) is 6.60. The van der Waals surface area contributed by atoms with Gasteiger partial charge in [-0.1, -0.05) is 17.7 Å². The Hall–Kier alpha value is -2.80. The molecule has 2 aromatic rings. The van der Waals surface area contributed by atoms with Crippen LogP contribution in [0.15, 0.2) is 47.1 Å². The van der Waals surface area contributed by atoms with Gasteiger partial charge in [0.1, 0.15) is 0 Å². The molecule has 0 aliphatic carbocycles. The fourth-order valence-electron chi connectivity index (χ4n) is 2.90. The molecule has 1 fully saturated rings. The van der Waals surface area contributed by atoms with E-state index in [0.717, 1.165) is 0 Å². The quantitative estimate of drug-likeness (QED) is 0.848. The van der Waals surface area contributed by atoms with Crippen molar-refractivity contribution < 1.29 is 18.8 Å². The van der Waals surface area contributed by atoms with Crippen LogP contribution in [-0.2, 0) is 4.79 Å². The van der Waals surface area contributed by atoms with E-state index in [-0.39, 0.29) is 36.4 Å². The van der Waals surface area contributed by atoms with Crippen molar-refractivity contribution in [1.82, 2.24) is 15.1 Å². The second kappa shape index (κ2) is 8.73. The molecule has 0 spiro atoms. The standard InChI is InChI=1S/C19H20ClN3O4/c20-15-4-1-3-14(13-15)19(26)23-10-8-22(9-11-23)17(24)6-7-21-18(25)16-5-2-12-27-16/h1-5,12-13H,6-11H2,(H,21,25). The molecule has 1 aromatic carbocycles. The van der Waals surface area contributed by atoms with Crippen molar-refractivity contribution in [2.45, 2.75) is 6.42 Å². The molecule has 1 saturated heterocycles. The summed E-state index contributed by atoms with van der Waals surface area (Å²) < 4.78 is 4.99. The largest absolute Gasteiger partial charge is 0.459 e. The number of amides is 3. The van der Waals surface area contributed by atoms with Gasteiger partial charge in [-0.3, -0.25) is 14.4 Å². The van der Waals surface area contributed by atoms with E-state index in [1.54, 1.807) is 46.2 Å². The first-order valence-electron chi connectivity index (χ1n) is 8.69. The molecule has 142 valence electrons. The van der Waals surface area contributed by atoms with Crippen molar-refractivity contribution in [3.8, 4) is 0 Å². The molecule has 2 heterocycles. The van der Waals surface area contributed by atoms with Crippen molar-refractivity contribution in [1.29, 1.82) is 0 Å². The zero-order valence-corrected chi connectivity index (χ0v) is 15.4. The number of halogens is 1. The van der Waals surface area contributed by atoms with E-state index in [4.69, 9.17) is 16.0 Å². The highest BCUT2D eigenvalue weighted by molar-refractivity contribution is 6.30. The molecule has 1 aliphatic heterocycles. The highest BCUT2D eigenvalue weighted by atomic mass is 35.5. The topological polar surface area (TPSA) is 82.9 Å².